The van der Waals surface area contributed by atoms with Crippen molar-refractivity contribution in [3.05, 3.63) is 0 Å². The average Bonchev–Trinajstić information content (AvgIpc) is 2.48. The van der Waals surface area contributed by atoms with Gasteiger partial charge in [0.1, 0.15) is 0 Å². The van der Waals surface area contributed by atoms with Gasteiger partial charge in [-0.3, -0.25) is 9.59 Å². The van der Waals surface area contributed by atoms with Crippen LogP contribution in [0.15, 0.2) is 0 Å². The van der Waals surface area contributed by atoms with Gasteiger partial charge in [-0.15, -0.1) is 0 Å². The first-order valence-electron chi connectivity index (χ1n) is 7.36. The van der Waals surface area contributed by atoms with Gasteiger partial charge in [0.2, 0.25) is 5.91 Å². The van der Waals surface area contributed by atoms with Crippen LogP contribution < -0.4 is 0 Å². The maximum absolute atomic E-state index is 12.0. The predicted molar refractivity (Wildman–Crippen MR) is 71.3 cm³/mol. The van der Waals surface area contributed by atoms with Crippen LogP contribution >= 0.6 is 0 Å². The number of ether oxygens (including phenoxy) is 2. The Balaban J connectivity index is 1.67. The summed E-state index contributed by atoms with van der Waals surface area (Å²) in [6.45, 7) is 2.87. The van der Waals surface area contributed by atoms with Crippen molar-refractivity contribution in [3.63, 3.8) is 0 Å². The molecule has 2 fully saturated rings. The van der Waals surface area contributed by atoms with Crippen molar-refractivity contribution in [1.29, 1.82) is 0 Å². The first kappa shape index (κ1) is 15.3. The molecule has 0 aromatic heterocycles. The van der Waals surface area contributed by atoms with Crippen molar-refractivity contribution >= 4 is 11.9 Å². The van der Waals surface area contributed by atoms with E-state index in [1.807, 2.05) is 0 Å². The number of hydrogen-bond donors (Lipinski definition) is 1. The summed E-state index contributed by atoms with van der Waals surface area (Å²) < 4.78 is 10.9. The third-order valence-electron chi connectivity index (χ3n) is 3.96. The quantitative estimate of drug-likeness (QED) is 0.812. The fourth-order valence-electron chi connectivity index (χ4n) is 2.72. The van der Waals surface area contributed by atoms with E-state index in [4.69, 9.17) is 14.6 Å². The molecular weight excluding hydrogens is 262 g/mol. The van der Waals surface area contributed by atoms with Crippen molar-refractivity contribution in [2.75, 3.05) is 32.9 Å². The smallest absolute Gasteiger partial charge is 0.308 e. The molecule has 6 heteroatoms. The van der Waals surface area contributed by atoms with Gasteiger partial charge in [0, 0.05) is 26.3 Å². The van der Waals surface area contributed by atoms with Crippen LogP contribution in [0.1, 0.15) is 32.1 Å². The van der Waals surface area contributed by atoms with Gasteiger partial charge in [-0.1, -0.05) is 0 Å². The molecule has 1 N–H and O–H groups in total. The Hall–Kier alpha value is -1.14. The molecule has 1 amide bonds. The summed E-state index contributed by atoms with van der Waals surface area (Å²) in [7, 11) is 0. The Morgan fingerprint density at radius 3 is 2.70 bits per heavy atom. The molecular formula is C14H23NO5. The summed E-state index contributed by atoms with van der Waals surface area (Å²) in [5.41, 5.74) is 0. The van der Waals surface area contributed by atoms with Crippen LogP contribution in [0.2, 0.25) is 0 Å². The lowest BCUT2D eigenvalue weighted by atomic mass is 9.98. The van der Waals surface area contributed by atoms with Gasteiger partial charge >= 0.3 is 5.97 Å². The number of carbonyl (C=O) groups excluding carboxylic acids is 1. The van der Waals surface area contributed by atoms with Crippen LogP contribution in [0.3, 0.4) is 0 Å². The van der Waals surface area contributed by atoms with Gasteiger partial charge in [0.05, 0.1) is 25.0 Å². The zero-order chi connectivity index (χ0) is 14.4. The number of likely N-dealkylation sites (tertiary alicyclic amines) is 1. The molecule has 114 valence electrons. The number of hydrogen-bond acceptors (Lipinski definition) is 4. The molecule has 0 aromatic rings. The molecule has 0 saturated carbocycles. The van der Waals surface area contributed by atoms with E-state index in [0.717, 1.165) is 32.5 Å². The Bertz CT molecular complexity index is 340. The Morgan fingerprint density at radius 1 is 1.25 bits per heavy atom. The van der Waals surface area contributed by atoms with Gasteiger partial charge in [0.25, 0.3) is 0 Å². The fraction of sp³-hybridized carbons (Fsp3) is 0.857. The monoisotopic (exact) mass is 285 g/mol. The van der Waals surface area contributed by atoms with Crippen LogP contribution in [0.4, 0.5) is 0 Å². The van der Waals surface area contributed by atoms with Crippen LogP contribution in [0, 0.1) is 5.92 Å². The summed E-state index contributed by atoms with van der Waals surface area (Å²) in [6.07, 6.45) is 3.74. The lowest BCUT2D eigenvalue weighted by Crippen LogP contribution is -2.42. The van der Waals surface area contributed by atoms with Crippen molar-refractivity contribution in [2.24, 2.45) is 5.92 Å². The highest BCUT2D eigenvalue weighted by Gasteiger charge is 2.27. The molecule has 2 aliphatic heterocycles. The molecule has 0 bridgehead atoms. The number of carboxylic acids is 1. The Kier molecular flexibility index (Phi) is 5.79. The summed E-state index contributed by atoms with van der Waals surface area (Å²) in [5.74, 6) is -1.21. The van der Waals surface area contributed by atoms with E-state index in [-0.39, 0.29) is 12.0 Å². The standard InChI is InChI=1S/C14H23NO5/c16-13(5-9-20-12-3-7-19-8-4-12)15-6-1-2-11(10-15)14(17)18/h11-12H,1-10H2,(H,17,18)/t11-/m0/s1. The van der Waals surface area contributed by atoms with Crippen LogP contribution in [-0.2, 0) is 19.1 Å². The summed E-state index contributed by atoms with van der Waals surface area (Å²) in [4.78, 5) is 24.7. The Morgan fingerprint density at radius 2 is 2.00 bits per heavy atom. The minimum Gasteiger partial charge on any atom is -0.481 e. The van der Waals surface area contributed by atoms with Gasteiger partial charge in [0.15, 0.2) is 0 Å². The molecule has 2 saturated heterocycles. The number of nitrogens with zero attached hydrogens (tertiary/aromatic N) is 1. The minimum atomic E-state index is -0.805. The van der Waals surface area contributed by atoms with Crippen LogP contribution in [0.5, 0.6) is 0 Å². The highest BCUT2D eigenvalue weighted by Crippen LogP contribution is 2.17. The maximum Gasteiger partial charge on any atom is 0.308 e. The maximum atomic E-state index is 12.0. The SMILES string of the molecule is O=C(O)[C@H]1CCCN(C(=O)CCOC2CCOCC2)C1. The highest BCUT2D eigenvalue weighted by molar-refractivity contribution is 5.78. The van der Waals surface area contributed by atoms with E-state index in [1.165, 1.54) is 0 Å². The van der Waals surface area contributed by atoms with Gasteiger partial charge in [-0.05, 0) is 25.7 Å². The van der Waals surface area contributed by atoms with Gasteiger partial charge < -0.3 is 19.5 Å². The van der Waals surface area contributed by atoms with Crippen LogP contribution in [0.25, 0.3) is 0 Å². The van der Waals surface area contributed by atoms with Crippen molar-refractivity contribution in [2.45, 2.75) is 38.2 Å². The molecule has 2 rings (SSSR count). The number of rotatable bonds is 5. The summed E-state index contributed by atoms with van der Waals surface area (Å²) >= 11 is 0. The van der Waals surface area contributed by atoms with E-state index in [1.54, 1.807) is 4.90 Å². The fourth-order valence-corrected chi connectivity index (χ4v) is 2.72. The molecule has 6 nitrogen and oxygen atoms in total. The summed E-state index contributed by atoms with van der Waals surface area (Å²) in [5, 5.41) is 9.01. The van der Waals surface area contributed by atoms with E-state index < -0.39 is 11.9 Å². The molecule has 0 aromatic carbocycles. The highest BCUT2D eigenvalue weighted by atomic mass is 16.5. The number of carboxylic acid groups (broad SMARTS) is 1. The largest absolute Gasteiger partial charge is 0.481 e. The lowest BCUT2D eigenvalue weighted by molar-refractivity contribution is -0.146. The first-order valence-corrected chi connectivity index (χ1v) is 7.36. The number of carbonyl (C=O) groups is 2. The third kappa shape index (κ3) is 4.45. The zero-order valence-electron chi connectivity index (χ0n) is 11.8. The predicted octanol–water partition coefficient (Wildman–Crippen LogP) is 0.895. The second-order valence-electron chi connectivity index (χ2n) is 5.45. The van der Waals surface area contributed by atoms with Crippen molar-refractivity contribution in [3.8, 4) is 0 Å². The van der Waals surface area contributed by atoms with E-state index >= 15 is 0 Å². The molecule has 0 unspecified atom stereocenters. The normalized spacial score (nSPS) is 24.6. The average molecular weight is 285 g/mol. The van der Waals surface area contributed by atoms with E-state index in [0.29, 0.717) is 32.5 Å². The second kappa shape index (κ2) is 7.59. The number of piperidine rings is 1. The molecule has 0 radical (unpaired) electrons. The van der Waals surface area contributed by atoms with Gasteiger partial charge in [-0.25, -0.2) is 0 Å². The van der Waals surface area contributed by atoms with Crippen LogP contribution in [-0.4, -0.2) is 60.9 Å². The minimum absolute atomic E-state index is 0.00279. The van der Waals surface area contributed by atoms with E-state index in [2.05, 4.69) is 0 Å². The second-order valence-corrected chi connectivity index (χ2v) is 5.45. The van der Waals surface area contributed by atoms with Crippen molar-refractivity contribution in [1.82, 2.24) is 4.90 Å². The molecule has 0 spiro atoms. The third-order valence-corrected chi connectivity index (χ3v) is 3.96. The number of amides is 1. The zero-order valence-corrected chi connectivity index (χ0v) is 11.8. The molecule has 2 aliphatic rings. The summed E-state index contributed by atoms with van der Waals surface area (Å²) in [6, 6.07) is 0. The first-order chi connectivity index (χ1) is 9.66. The molecule has 1 atom stereocenters. The topological polar surface area (TPSA) is 76.1 Å². The Labute approximate surface area is 119 Å². The molecule has 20 heavy (non-hydrogen) atoms. The number of aliphatic carboxylic acids is 1. The van der Waals surface area contributed by atoms with Gasteiger partial charge in [-0.2, -0.15) is 0 Å². The molecule has 0 aliphatic carbocycles. The molecule has 2 heterocycles. The van der Waals surface area contributed by atoms with Crippen molar-refractivity contribution < 1.29 is 24.2 Å². The van der Waals surface area contributed by atoms with E-state index in [9.17, 15) is 9.59 Å². The lowest BCUT2D eigenvalue weighted by Gasteiger charge is -2.31.